The van der Waals surface area contributed by atoms with Crippen molar-refractivity contribution in [2.45, 2.75) is 13.5 Å². The van der Waals surface area contributed by atoms with Crippen molar-refractivity contribution in [3.8, 4) is 33.8 Å². The molecule has 3 N–H and O–H groups in total. The summed E-state index contributed by atoms with van der Waals surface area (Å²) in [5.41, 5.74) is 7.92. The summed E-state index contributed by atoms with van der Waals surface area (Å²) in [4.78, 5) is 17.0. The van der Waals surface area contributed by atoms with Gasteiger partial charge in [-0.2, -0.15) is 5.10 Å². The van der Waals surface area contributed by atoms with Crippen molar-refractivity contribution in [1.82, 2.24) is 35.5 Å². The minimum Gasteiger partial charge on any atom is -0.352 e. The van der Waals surface area contributed by atoms with E-state index in [1.807, 2.05) is 36.7 Å². The molecule has 6 rings (SSSR count). The molecule has 0 atom stereocenters. The van der Waals surface area contributed by atoms with Crippen LogP contribution < -0.4 is 5.32 Å². The van der Waals surface area contributed by atoms with Crippen LogP contribution in [0.3, 0.4) is 0 Å². The average molecular weight is 464 g/mol. The molecule has 0 amide bonds. The van der Waals surface area contributed by atoms with Crippen molar-refractivity contribution < 1.29 is 4.39 Å². The van der Waals surface area contributed by atoms with E-state index in [-0.39, 0.29) is 5.82 Å². The maximum atomic E-state index is 14.5. The largest absolute Gasteiger partial charge is 0.352 e. The molecule has 35 heavy (non-hydrogen) atoms. The van der Waals surface area contributed by atoms with Crippen LogP contribution in [-0.2, 0) is 6.54 Å². The fraction of sp³-hybridized carbons (Fsp3) is 0.111. The van der Waals surface area contributed by atoms with Gasteiger partial charge >= 0.3 is 0 Å². The predicted octanol–water partition coefficient (Wildman–Crippen LogP) is 5.48. The second-order valence-corrected chi connectivity index (χ2v) is 8.34. The van der Waals surface area contributed by atoms with E-state index in [4.69, 9.17) is 4.98 Å². The second-order valence-electron chi connectivity index (χ2n) is 8.34. The predicted molar refractivity (Wildman–Crippen MR) is 135 cm³/mol. The Labute approximate surface area is 200 Å². The van der Waals surface area contributed by atoms with Gasteiger partial charge in [0.1, 0.15) is 17.0 Å². The molecule has 0 radical (unpaired) electrons. The molecule has 172 valence electrons. The van der Waals surface area contributed by atoms with Crippen LogP contribution in [0.25, 0.3) is 55.7 Å². The molecule has 0 aliphatic carbocycles. The number of hydrogen-bond acceptors (Lipinski definition) is 5. The number of nitrogens with one attached hydrogen (secondary N) is 3. The summed E-state index contributed by atoms with van der Waals surface area (Å²) in [6.07, 6.45) is 7.10. The second kappa shape index (κ2) is 8.73. The lowest BCUT2D eigenvalue weighted by molar-refractivity contribution is 0.631. The highest BCUT2D eigenvalue weighted by atomic mass is 19.1. The third-order valence-corrected chi connectivity index (χ3v) is 6.04. The molecule has 0 unspecified atom stereocenters. The van der Waals surface area contributed by atoms with Crippen LogP contribution in [0.5, 0.6) is 0 Å². The van der Waals surface area contributed by atoms with Crippen molar-refractivity contribution in [3.63, 3.8) is 0 Å². The summed E-state index contributed by atoms with van der Waals surface area (Å²) >= 11 is 0. The Morgan fingerprint density at radius 1 is 0.914 bits per heavy atom. The van der Waals surface area contributed by atoms with E-state index in [2.05, 4.69) is 43.5 Å². The van der Waals surface area contributed by atoms with E-state index in [1.165, 1.54) is 6.07 Å². The van der Waals surface area contributed by atoms with E-state index in [9.17, 15) is 4.39 Å². The fourth-order valence-corrected chi connectivity index (χ4v) is 4.31. The monoisotopic (exact) mass is 463 g/mol. The molecule has 5 heterocycles. The highest BCUT2D eigenvalue weighted by Crippen LogP contribution is 2.34. The van der Waals surface area contributed by atoms with Crippen molar-refractivity contribution in [1.29, 1.82) is 0 Å². The third-order valence-electron chi connectivity index (χ3n) is 6.04. The van der Waals surface area contributed by atoms with Gasteiger partial charge in [0.05, 0.1) is 28.6 Å². The van der Waals surface area contributed by atoms with Crippen LogP contribution >= 0.6 is 0 Å². The van der Waals surface area contributed by atoms with Gasteiger partial charge in [0, 0.05) is 47.2 Å². The van der Waals surface area contributed by atoms with Crippen molar-refractivity contribution in [2.75, 3.05) is 6.54 Å². The van der Waals surface area contributed by atoms with Crippen LogP contribution in [0.2, 0.25) is 0 Å². The lowest BCUT2D eigenvalue weighted by Gasteiger charge is -2.05. The Balaban J connectivity index is 1.45. The van der Waals surface area contributed by atoms with E-state index < -0.39 is 0 Å². The fourth-order valence-electron chi connectivity index (χ4n) is 4.31. The number of fused-ring (bicyclic) bond motifs is 2. The van der Waals surface area contributed by atoms with Crippen LogP contribution in [0.15, 0.2) is 73.3 Å². The molecule has 0 bridgehead atoms. The van der Waals surface area contributed by atoms with Crippen LogP contribution in [0.1, 0.15) is 12.5 Å². The molecule has 7 nitrogen and oxygen atoms in total. The van der Waals surface area contributed by atoms with Gasteiger partial charge in [0.15, 0.2) is 0 Å². The molecule has 0 fully saturated rings. The van der Waals surface area contributed by atoms with Gasteiger partial charge in [-0.15, -0.1) is 0 Å². The zero-order chi connectivity index (χ0) is 23.8. The molecule has 0 spiro atoms. The van der Waals surface area contributed by atoms with Crippen LogP contribution in [0, 0.1) is 5.82 Å². The Kier molecular flexibility index (Phi) is 5.27. The summed E-state index contributed by atoms with van der Waals surface area (Å²) < 4.78 is 14.5. The number of H-pyrrole nitrogens is 2. The summed E-state index contributed by atoms with van der Waals surface area (Å²) in [5.74, 6) is -0.286. The first-order valence-electron chi connectivity index (χ1n) is 11.4. The first-order chi connectivity index (χ1) is 17.2. The van der Waals surface area contributed by atoms with Crippen molar-refractivity contribution >= 4 is 21.9 Å². The third kappa shape index (κ3) is 3.83. The molecule has 8 heteroatoms. The Bertz CT molecular complexity index is 1670. The molecule has 0 saturated heterocycles. The number of halogens is 1. The minimum atomic E-state index is -0.286. The molecule has 1 aromatic carbocycles. The van der Waals surface area contributed by atoms with Crippen molar-refractivity contribution in [3.05, 3.63) is 84.7 Å². The van der Waals surface area contributed by atoms with E-state index in [0.717, 1.165) is 63.1 Å². The lowest BCUT2D eigenvalue weighted by Crippen LogP contribution is -2.11. The van der Waals surface area contributed by atoms with Crippen LogP contribution in [0.4, 0.5) is 4.39 Å². The minimum absolute atomic E-state index is 0.286. The normalized spacial score (nSPS) is 11.5. The number of aromatic nitrogens is 6. The molecular weight excluding hydrogens is 441 g/mol. The first-order valence-corrected chi connectivity index (χ1v) is 11.4. The molecule has 5 aromatic heterocycles. The number of pyridine rings is 3. The number of nitrogens with zero attached hydrogens (tertiary/aromatic N) is 4. The summed E-state index contributed by atoms with van der Waals surface area (Å²) in [6.45, 7) is 3.72. The number of rotatable bonds is 6. The first kappa shape index (κ1) is 21.1. The average Bonchev–Trinajstić information content (AvgIpc) is 3.51. The smallest absolute Gasteiger partial charge is 0.135 e. The standard InChI is InChI=1S/C27H22FN7/c1-2-29-11-16-9-17(13-30-12-16)22-7-8-23-26(33-22)27(35-34-23)24-10-19-20(14-31-15-25(19)32-24)18-5-3-4-6-21(18)28/h3-10,12-15,29,32H,2,11H2,1H3,(H,34,35). The topological polar surface area (TPSA) is 95.2 Å². The molecule has 0 aliphatic rings. The van der Waals surface area contributed by atoms with Crippen molar-refractivity contribution in [2.24, 2.45) is 0 Å². The lowest BCUT2D eigenvalue weighted by atomic mass is 10.0. The maximum Gasteiger partial charge on any atom is 0.135 e. The SMILES string of the molecule is CCNCc1cncc(-c2ccc3[nH]nc(-c4cc5c(-c6ccccc6F)cncc5[nH]4)c3n2)c1. The highest BCUT2D eigenvalue weighted by molar-refractivity contribution is 6.00. The van der Waals surface area contributed by atoms with E-state index in [0.29, 0.717) is 11.3 Å². The Morgan fingerprint density at radius 3 is 2.69 bits per heavy atom. The van der Waals surface area contributed by atoms with Gasteiger partial charge < -0.3 is 10.3 Å². The quantitative estimate of drug-likeness (QED) is 0.304. The van der Waals surface area contributed by atoms with E-state index >= 15 is 0 Å². The highest BCUT2D eigenvalue weighted by Gasteiger charge is 2.17. The van der Waals surface area contributed by atoms with Gasteiger partial charge in [-0.1, -0.05) is 25.1 Å². The molecule has 0 saturated carbocycles. The van der Waals surface area contributed by atoms with Gasteiger partial charge in [-0.3, -0.25) is 15.1 Å². The summed E-state index contributed by atoms with van der Waals surface area (Å²) in [7, 11) is 0. The Morgan fingerprint density at radius 2 is 1.80 bits per heavy atom. The molecule has 0 aliphatic heterocycles. The number of benzene rings is 1. The maximum absolute atomic E-state index is 14.5. The van der Waals surface area contributed by atoms with Gasteiger partial charge in [0.2, 0.25) is 0 Å². The van der Waals surface area contributed by atoms with E-state index in [1.54, 1.807) is 24.5 Å². The summed E-state index contributed by atoms with van der Waals surface area (Å²) in [5, 5.41) is 11.8. The number of aromatic amines is 2. The zero-order valence-electron chi connectivity index (χ0n) is 19.0. The van der Waals surface area contributed by atoms with Gasteiger partial charge in [0.25, 0.3) is 0 Å². The zero-order valence-corrected chi connectivity index (χ0v) is 19.0. The van der Waals surface area contributed by atoms with Gasteiger partial charge in [-0.05, 0) is 42.4 Å². The molecular formula is C27H22FN7. The molecule has 6 aromatic rings. The summed E-state index contributed by atoms with van der Waals surface area (Å²) in [6, 6.07) is 14.7. The number of hydrogen-bond donors (Lipinski definition) is 3. The van der Waals surface area contributed by atoms with Gasteiger partial charge in [-0.25, -0.2) is 9.37 Å². The van der Waals surface area contributed by atoms with Crippen LogP contribution in [-0.4, -0.2) is 36.7 Å². The Hall–Kier alpha value is -4.43.